The van der Waals surface area contributed by atoms with Crippen molar-refractivity contribution in [2.75, 3.05) is 7.11 Å². The highest BCUT2D eigenvalue weighted by Crippen LogP contribution is 2.26. The molecular weight excluding hydrogens is 316 g/mol. The molecule has 0 aliphatic heterocycles. The molecule has 0 radical (unpaired) electrons. The first-order chi connectivity index (χ1) is 11.6. The van der Waals surface area contributed by atoms with Gasteiger partial charge in [0, 0.05) is 16.7 Å². The van der Waals surface area contributed by atoms with Crippen molar-refractivity contribution in [2.24, 2.45) is 0 Å². The van der Waals surface area contributed by atoms with Crippen LogP contribution in [-0.2, 0) is 10.2 Å². The maximum Gasteiger partial charge on any atom is 0.337 e. The number of Topliss-reactive ketones (excluding diaryl/α,β-unsaturated/α-hetero) is 1. The molecule has 0 spiro atoms. The number of carbonyl (C=O) groups is 3. The third-order valence-electron chi connectivity index (χ3n) is 4.08. The first kappa shape index (κ1) is 18.6. The standard InChI is InChI=1S/C21H22O4/c1-13(22)17-11-10-16(21(2,3)4)12-18(17)19(23)14-6-8-15(9-7-14)20(24)25-5/h6-12H,1-5H3. The first-order valence-electron chi connectivity index (χ1n) is 8.03. The van der Waals surface area contributed by atoms with E-state index in [1.165, 1.54) is 14.0 Å². The fourth-order valence-corrected chi connectivity index (χ4v) is 2.54. The second kappa shape index (κ2) is 7.01. The summed E-state index contributed by atoms with van der Waals surface area (Å²) in [5.41, 5.74) is 2.40. The largest absolute Gasteiger partial charge is 0.465 e. The van der Waals surface area contributed by atoms with Crippen LogP contribution in [0.25, 0.3) is 0 Å². The van der Waals surface area contributed by atoms with Crippen LogP contribution < -0.4 is 0 Å². The first-order valence-corrected chi connectivity index (χ1v) is 8.03. The van der Waals surface area contributed by atoms with E-state index in [-0.39, 0.29) is 17.0 Å². The van der Waals surface area contributed by atoms with Crippen molar-refractivity contribution >= 4 is 17.5 Å². The van der Waals surface area contributed by atoms with Crippen LogP contribution in [0, 0.1) is 0 Å². The normalized spacial score (nSPS) is 11.1. The van der Waals surface area contributed by atoms with Crippen LogP contribution in [0.4, 0.5) is 0 Å². The Morgan fingerprint density at radius 3 is 1.88 bits per heavy atom. The Morgan fingerprint density at radius 1 is 0.840 bits per heavy atom. The Labute approximate surface area is 147 Å². The van der Waals surface area contributed by atoms with Crippen LogP contribution in [0.5, 0.6) is 0 Å². The zero-order valence-electron chi connectivity index (χ0n) is 15.2. The number of hydrogen-bond acceptors (Lipinski definition) is 4. The summed E-state index contributed by atoms with van der Waals surface area (Å²) >= 11 is 0. The second-order valence-corrected chi connectivity index (χ2v) is 6.96. The number of ether oxygens (including phenoxy) is 1. The van der Waals surface area contributed by atoms with Gasteiger partial charge in [0.25, 0.3) is 0 Å². The fourth-order valence-electron chi connectivity index (χ4n) is 2.54. The summed E-state index contributed by atoms with van der Waals surface area (Å²) in [5, 5.41) is 0. The van der Waals surface area contributed by atoms with Gasteiger partial charge in [0.15, 0.2) is 11.6 Å². The average molecular weight is 338 g/mol. The van der Waals surface area contributed by atoms with Gasteiger partial charge in [0.2, 0.25) is 0 Å². The van der Waals surface area contributed by atoms with Crippen molar-refractivity contribution in [3.8, 4) is 0 Å². The lowest BCUT2D eigenvalue weighted by Gasteiger charge is -2.20. The number of carbonyl (C=O) groups excluding carboxylic acids is 3. The smallest absolute Gasteiger partial charge is 0.337 e. The van der Waals surface area contributed by atoms with Crippen molar-refractivity contribution in [1.82, 2.24) is 0 Å². The van der Waals surface area contributed by atoms with E-state index in [9.17, 15) is 14.4 Å². The molecule has 0 aliphatic carbocycles. The maximum absolute atomic E-state index is 12.9. The van der Waals surface area contributed by atoms with Crippen molar-refractivity contribution in [1.29, 1.82) is 0 Å². The SMILES string of the molecule is COC(=O)c1ccc(C(=O)c2cc(C(C)(C)C)ccc2C(C)=O)cc1. The monoisotopic (exact) mass is 338 g/mol. The van der Waals surface area contributed by atoms with E-state index >= 15 is 0 Å². The molecule has 2 aromatic carbocycles. The molecule has 0 aromatic heterocycles. The third kappa shape index (κ3) is 4.02. The topological polar surface area (TPSA) is 60.4 Å². The Balaban J connectivity index is 2.50. The van der Waals surface area contributed by atoms with Crippen LogP contribution in [-0.4, -0.2) is 24.6 Å². The van der Waals surface area contributed by atoms with Gasteiger partial charge < -0.3 is 4.74 Å². The average Bonchev–Trinajstić information content (AvgIpc) is 2.59. The highest BCUT2D eigenvalue weighted by atomic mass is 16.5. The van der Waals surface area contributed by atoms with Gasteiger partial charge in [-0.15, -0.1) is 0 Å². The number of methoxy groups -OCH3 is 1. The van der Waals surface area contributed by atoms with Crippen LogP contribution in [0.3, 0.4) is 0 Å². The van der Waals surface area contributed by atoms with Crippen molar-refractivity contribution < 1.29 is 19.1 Å². The summed E-state index contributed by atoms with van der Waals surface area (Å²) in [6.07, 6.45) is 0. The molecule has 0 fully saturated rings. The van der Waals surface area contributed by atoms with E-state index in [2.05, 4.69) is 25.5 Å². The van der Waals surface area contributed by atoms with Gasteiger partial charge in [-0.05, 0) is 36.1 Å². The highest BCUT2D eigenvalue weighted by molar-refractivity contribution is 6.15. The fraction of sp³-hybridized carbons (Fsp3) is 0.286. The van der Waals surface area contributed by atoms with Crippen LogP contribution >= 0.6 is 0 Å². The van der Waals surface area contributed by atoms with Crippen molar-refractivity contribution in [2.45, 2.75) is 33.1 Å². The van der Waals surface area contributed by atoms with Crippen molar-refractivity contribution in [3.05, 3.63) is 70.3 Å². The summed E-state index contributed by atoms with van der Waals surface area (Å²) in [7, 11) is 1.30. The number of benzene rings is 2. The van der Waals surface area contributed by atoms with Gasteiger partial charge in [-0.25, -0.2) is 4.79 Å². The summed E-state index contributed by atoms with van der Waals surface area (Å²) in [4.78, 5) is 36.4. The van der Waals surface area contributed by atoms with Crippen LogP contribution in [0.1, 0.15) is 69.9 Å². The number of hydrogen-bond donors (Lipinski definition) is 0. The predicted molar refractivity (Wildman–Crippen MR) is 96.4 cm³/mol. The zero-order valence-corrected chi connectivity index (χ0v) is 15.2. The molecule has 0 aliphatic rings. The minimum Gasteiger partial charge on any atom is -0.465 e. The van der Waals surface area contributed by atoms with E-state index in [1.807, 2.05) is 6.07 Å². The molecular formula is C21H22O4. The lowest BCUT2D eigenvalue weighted by atomic mass is 9.83. The molecule has 0 saturated carbocycles. The predicted octanol–water partition coefficient (Wildman–Crippen LogP) is 4.20. The Kier molecular flexibility index (Phi) is 5.21. The van der Waals surface area contributed by atoms with Gasteiger partial charge in [0.1, 0.15) is 0 Å². The van der Waals surface area contributed by atoms with E-state index in [0.29, 0.717) is 22.3 Å². The molecule has 0 unspecified atom stereocenters. The molecule has 4 heteroatoms. The molecule has 2 aromatic rings. The number of ketones is 2. The Hall–Kier alpha value is -2.75. The Bertz CT molecular complexity index is 824. The molecule has 4 nitrogen and oxygen atoms in total. The Morgan fingerprint density at radius 2 is 1.40 bits per heavy atom. The van der Waals surface area contributed by atoms with Gasteiger partial charge in [-0.1, -0.05) is 45.0 Å². The van der Waals surface area contributed by atoms with Crippen LogP contribution in [0.15, 0.2) is 42.5 Å². The van der Waals surface area contributed by atoms with Gasteiger partial charge in [-0.3, -0.25) is 9.59 Å². The highest BCUT2D eigenvalue weighted by Gasteiger charge is 2.21. The van der Waals surface area contributed by atoms with E-state index in [0.717, 1.165) is 5.56 Å². The van der Waals surface area contributed by atoms with Crippen LogP contribution in [0.2, 0.25) is 0 Å². The second-order valence-electron chi connectivity index (χ2n) is 6.96. The zero-order chi connectivity index (χ0) is 18.8. The number of esters is 1. The molecule has 2 rings (SSSR count). The molecule has 130 valence electrons. The van der Waals surface area contributed by atoms with E-state index in [4.69, 9.17) is 0 Å². The third-order valence-corrected chi connectivity index (χ3v) is 4.08. The lowest BCUT2D eigenvalue weighted by molar-refractivity contribution is 0.0600. The molecule has 0 bridgehead atoms. The van der Waals surface area contributed by atoms with E-state index in [1.54, 1.807) is 36.4 Å². The summed E-state index contributed by atoms with van der Waals surface area (Å²) in [6, 6.07) is 11.6. The quantitative estimate of drug-likeness (QED) is 0.619. The number of rotatable bonds is 4. The van der Waals surface area contributed by atoms with E-state index < -0.39 is 5.97 Å². The summed E-state index contributed by atoms with van der Waals surface area (Å²) in [6.45, 7) is 7.60. The summed E-state index contributed by atoms with van der Waals surface area (Å²) < 4.78 is 4.66. The molecule has 0 atom stereocenters. The lowest BCUT2D eigenvalue weighted by Crippen LogP contribution is -2.15. The molecule has 0 saturated heterocycles. The van der Waals surface area contributed by atoms with Gasteiger partial charge in [0.05, 0.1) is 12.7 Å². The minimum atomic E-state index is -0.460. The molecule has 0 heterocycles. The molecule has 0 amide bonds. The van der Waals surface area contributed by atoms with Gasteiger partial charge >= 0.3 is 5.97 Å². The maximum atomic E-state index is 12.9. The molecule has 0 N–H and O–H groups in total. The summed E-state index contributed by atoms with van der Waals surface area (Å²) in [5.74, 6) is -0.860. The van der Waals surface area contributed by atoms with Gasteiger partial charge in [-0.2, -0.15) is 0 Å². The molecule has 25 heavy (non-hydrogen) atoms. The minimum absolute atomic E-state index is 0.140. The van der Waals surface area contributed by atoms with Crippen molar-refractivity contribution in [3.63, 3.8) is 0 Å².